The fraction of sp³-hybridized carbons (Fsp3) is 0.289. The summed E-state index contributed by atoms with van der Waals surface area (Å²) in [4.78, 5) is 0. The van der Waals surface area contributed by atoms with Gasteiger partial charge in [0.1, 0.15) is 0 Å². The molecule has 6 aromatic rings. The molecule has 0 spiro atoms. The van der Waals surface area contributed by atoms with Gasteiger partial charge in [-0.25, -0.2) is 0 Å². The molecule has 6 rings (SSSR count). The zero-order valence-corrected chi connectivity index (χ0v) is 36.4. The van der Waals surface area contributed by atoms with Crippen LogP contribution in [0.1, 0.15) is 95.9 Å². The predicted molar refractivity (Wildman–Crippen MR) is 224 cm³/mol. The third-order valence-electron chi connectivity index (χ3n) is 9.12. The van der Waals surface area contributed by atoms with Crippen LogP contribution in [-0.4, -0.2) is 6.88 Å². The Labute approximate surface area is 328 Å². The first-order chi connectivity index (χ1) is 21.6. The number of rotatable bonds is 6. The van der Waals surface area contributed by atoms with Crippen molar-refractivity contribution in [3.63, 3.8) is 0 Å². The number of fused-ring (bicyclic) bond motifs is 2. The number of aryl methyl sites for hydroxylation is 1. The molecule has 0 saturated carbocycles. The van der Waals surface area contributed by atoms with Gasteiger partial charge in [0.25, 0.3) is 0 Å². The molecular weight excluding hydrogens is 731 g/mol. The minimum atomic E-state index is 0. The van der Waals surface area contributed by atoms with Gasteiger partial charge in [-0.05, 0) is 45.9 Å². The number of hydrogen-bond acceptors (Lipinski definition) is 0. The molecule has 1 atom stereocenters. The van der Waals surface area contributed by atoms with Gasteiger partial charge in [-0.2, -0.15) is 12.1 Å². The van der Waals surface area contributed by atoms with Gasteiger partial charge >= 0.3 is 30.2 Å². The van der Waals surface area contributed by atoms with Crippen molar-refractivity contribution in [2.45, 2.75) is 85.5 Å². The fourth-order valence-electron chi connectivity index (χ4n) is 5.98. The standard InChI is InChI=1S/C22H25.C21H23.2CH3.2ClH.Si.Zr/c1-5-16(4)20-13-19-7-6-8-21(22(19)14-20)18-11-9-17(10-12-18)15(2)3;1-5-15-13-17-7-6-8-19(20(17)14-15)16-9-11-18(12-10-16)21(2,3)4;;;;;;/h6-16H,5H2,1-4H3;6-14H,5H2,1-4H3;2*1H3;2*1H;;/q4*-1;;;;. The second kappa shape index (κ2) is 21.2. The molecule has 0 aromatic heterocycles. The molecule has 0 heterocycles. The van der Waals surface area contributed by atoms with E-state index in [1.165, 1.54) is 95.8 Å². The first-order valence-corrected chi connectivity index (χ1v) is 20.6. The molecule has 0 bridgehead atoms. The van der Waals surface area contributed by atoms with Gasteiger partial charge in [0.05, 0.1) is 0 Å². The molecule has 0 fully saturated rings. The van der Waals surface area contributed by atoms with Gasteiger partial charge in [0.2, 0.25) is 0 Å². The molecule has 0 N–H and O–H groups in total. The Bertz CT molecular complexity index is 1820. The Morgan fingerprint density at radius 3 is 1.57 bits per heavy atom. The van der Waals surface area contributed by atoms with E-state index >= 15 is 0 Å². The van der Waals surface area contributed by atoms with Gasteiger partial charge in [0, 0.05) is 0 Å². The monoisotopic (exact) mass is 784 g/mol. The SMILES string of the molecule is CCC(C)c1cc2c(-c3ccc(C(C)C)cc3)cccc2[cH-]1.CCc1cc2c(-c3ccc(C(C)(C)C)cc3)cccc2[cH-]1.Cl.Cl.[CH3-].[CH3-].[Si]=[Zr]. The second-order valence-corrected chi connectivity index (χ2v) is 13.5. The summed E-state index contributed by atoms with van der Waals surface area (Å²) in [6.45, 7) is 21.1. The topological polar surface area (TPSA) is 0 Å². The third kappa shape index (κ3) is 11.4. The summed E-state index contributed by atoms with van der Waals surface area (Å²) in [6.07, 6.45) is 2.28. The van der Waals surface area contributed by atoms with Crippen LogP contribution in [0.5, 0.6) is 0 Å². The Morgan fingerprint density at radius 2 is 1.12 bits per heavy atom. The molecule has 4 heteroatoms. The number of benzene rings is 4. The zero-order valence-electron chi connectivity index (χ0n) is 31.3. The Morgan fingerprint density at radius 1 is 0.653 bits per heavy atom. The number of hydrogen-bond donors (Lipinski definition) is 0. The van der Waals surface area contributed by atoms with E-state index < -0.39 is 0 Å². The molecule has 49 heavy (non-hydrogen) atoms. The summed E-state index contributed by atoms with van der Waals surface area (Å²) in [5.41, 5.74) is 11.2. The van der Waals surface area contributed by atoms with Crippen LogP contribution in [0.2, 0.25) is 0 Å². The molecule has 0 aliphatic carbocycles. The van der Waals surface area contributed by atoms with Gasteiger partial charge in [-0.1, -0.05) is 134 Å². The van der Waals surface area contributed by atoms with E-state index in [4.69, 9.17) is 0 Å². The summed E-state index contributed by atoms with van der Waals surface area (Å²) in [6, 6.07) is 40.7. The van der Waals surface area contributed by atoms with Gasteiger partial charge in [0.15, 0.2) is 0 Å². The average molecular weight is 787 g/mol. The molecular formula is C45H56Cl2SiZr-4. The first kappa shape index (κ1) is 46.8. The molecule has 1 unspecified atom stereocenters. The summed E-state index contributed by atoms with van der Waals surface area (Å²) in [5.74, 6) is 1.21. The van der Waals surface area contributed by atoms with Crippen molar-refractivity contribution in [2.75, 3.05) is 0 Å². The molecule has 262 valence electrons. The van der Waals surface area contributed by atoms with Crippen LogP contribution in [0.3, 0.4) is 0 Å². The van der Waals surface area contributed by atoms with E-state index in [0.29, 0.717) is 11.8 Å². The van der Waals surface area contributed by atoms with Crippen molar-refractivity contribution >= 4 is 53.2 Å². The van der Waals surface area contributed by atoms with Crippen molar-refractivity contribution in [1.29, 1.82) is 0 Å². The molecule has 0 aliphatic heterocycles. The quantitative estimate of drug-likeness (QED) is 0.117. The Hall–Kier alpha value is -2.22. The predicted octanol–water partition coefficient (Wildman–Crippen LogP) is 14.3. The summed E-state index contributed by atoms with van der Waals surface area (Å²) >= 11 is 1.36. The van der Waals surface area contributed by atoms with Crippen molar-refractivity contribution in [3.05, 3.63) is 146 Å². The van der Waals surface area contributed by atoms with Crippen molar-refractivity contribution in [2.24, 2.45) is 0 Å². The third-order valence-corrected chi connectivity index (χ3v) is 9.12. The van der Waals surface area contributed by atoms with E-state index in [2.05, 4.69) is 171 Å². The fourth-order valence-corrected chi connectivity index (χ4v) is 5.98. The van der Waals surface area contributed by atoms with Gasteiger partial charge in [-0.3, -0.25) is 0 Å². The van der Waals surface area contributed by atoms with Crippen molar-refractivity contribution < 1.29 is 23.3 Å². The van der Waals surface area contributed by atoms with Gasteiger partial charge in [-0.15, -0.1) is 93.9 Å². The number of halogens is 2. The van der Waals surface area contributed by atoms with E-state index in [1.807, 2.05) is 0 Å². The molecule has 6 aromatic carbocycles. The van der Waals surface area contributed by atoms with E-state index in [1.54, 1.807) is 0 Å². The zero-order chi connectivity index (χ0) is 32.7. The summed E-state index contributed by atoms with van der Waals surface area (Å²) < 4.78 is 0. The van der Waals surface area contributed by atoms with Crippen molar-refractivity contribution in [1.82, 2.24) is 0 Å². The van der Waals surface area contributed by atoms with Crippen molar-refractivity contribution in [3.8, 4) is 22.3 Å². The first-order valence-electron chi connectivity index (χ1n) is 16.4. The molecule has 0 aliphatic rings. The van der Waals surface area contributed by atoms with Crippen LogP contribution in [0, 0.1) is 14.9 Å². The normalized spacial score (nSPS) is 11.0. The Balaban J connectivity index is 0.000000831. The molecule has 2 radical (unpaired) electrons. The maximum absolute atomic E-state index is 3.06. The van der Waals surface area contributed by atoms with Crippen LogP contribution >= 0.6 is 24.8 Å². The Kier molecular flexibility index (Phi) is 20.3. The van der Waals surface area contributed by atoms with E-state index in [9.17, 15) is 0 Å². The molecule has 0 saturated heterocycles. The van der Waals surface area contributed by atoms with Crippen LogP contribution in [0.15, 0.2) is 109 Å². The van der Waals surface area contributed by atoms with Crippen LogP contribution in [0.25, 0.3) is 43.8 Å². The summed E-state index contributed by atoms with van der Waals surface area (Å²) in [5, 5.41) is 5.47. The average Bonchev–Trinajstić information content (AvgIpc) is 3.70. The van der Waals surface area contributed by atoms with Crippen LogP contribution < -0.4 is 0 Å². The van der Waals surface area contributed by atoms with Crippen LogP contribution in [-0.2, 0) is 35.2 Å². The maximum atomic E-state index is 3.06. The van der Waals surface area contributed by atoms with E-state index in [0.717, 1.165) is 6.42 Å². The van der Waals surface area contributed by atoms with Crippen LogP contribution in [0.4, 0.5) is 0 Å². The summed E-state index contributed by atoms with van der Waals surface area (Å²) in [7, 11) is 0. The minimum absolute atomic E-state index is 0. The second-order valence-electron chi connectivity index (χ2n) is 13.5. The van der Waals surface area contributed by atoms with Gasteiger partial charge < -0.3 is 14.9 Å². The molecule has 0 amide bonds. The van der Waals surface area contributed by atoms with E-state index in [-0.39, 0.29) is 45.1 Å². The molecule has 0 nitrogen and oxygen atoms in total.